The van der Waals surface area contributed by atoms with Gasteiger partial charge in [0.2, 0.25) is 5.91 Å². The summed E-state index contributed by atoms with van der Waals surface area (Å²) in [6.07, 6.45) is 0.777. The summed E-state index contributed by atoms with van der Waals surface area (Å²) in [7, 11) is 1.88. The number of rotatable bonds is 10. The van der Waals surface area contributed by atoms with Gasteiger partial charge in [0.15, 0.2) is 5.16 Å². The molecule has 2 aromatic rings. The van der Waals surface area contributed by atoms with Crippen LogP contribution in [0.2, 0.25) is 0 Å². The third kappa shape index (κ3) is 5.45. The van der Waals surface area contributed by atoms with Crippen molar-refractivity contribution in [3.05, 3.63) is 30.1 Å². The maximum atomic E-state index is 10.8. The Morgan fingerprint density at radius 3 is 2.50 bits per heavy atom. The second-order valence-electron chi connectivity index (χ2n) is 5.03. The molecule has 2 rings (SSSR count). The number of primary amides is 1. The topological polar surface area (TPSA) is 92.3 Å². The number of hydrogen-bond donors (Lipinski definition) is 1. The molecule has 8 heteroatoms. The lowest BCUT2D eigenvalue weighted by Crippen LogP contribution is -2.12. The van der Waals surface area contributed by atoms with Crippen molar-refractivity contribution in [3.63, 3.8) is 0 Å². The molecule has 24 heavy (non-hydrogen) atoms. The molecule has 0 unspecified atom stereocenters. The molecule has 0 aliphatic rings. The summed E-state index contributed by atoms with van der Waals surface area (Å²) in [6, 6.07) is 7.55. The highest BCUT2D eigenvalue weighted by Gasteiger charge is 2.10. The Bertz CT molecular complexity index is 658. The molecule has 0 radical (unpaired) electrons. The lowest BCUT2D eigenvalue weighted by Gasteiger charge is -2.07. The van der Waals surface area contributed by atoms with E-state index in [-0.39, 0.29) is 12.3 Å². The van der Waals surface area contributed by atoms with Crippen LogP contribution in [0.25, 0.3) is 0 Å². The Morgan fingerprint density at radius 2 is 1.88 bits per heavy atom. The lowest BCUT2D eigenvalue weighted by atomic mass is 10.3. The second kappa shape index (κ2) is 9.17. The third-order valence-corrected chi connectivity index (χ3v) is 4.22. The summed E-state index contributed by atoms with van der Waals surface area (Å²) in [5, 5.41) is 9.00. The largest absolute Gasteiger partial charge is 0.494 e. The van der Waals surface area contributed by atoms with E-state index in [9.17, 15) is 4.79 Å². The van der Waals surface area contributed by atoms with Gasteiger partial charge >= 0.3 is 0 Å². The van der Waals surface area contributed by atoms with Crippen LogP contribution in [0.5, 0.6) is 11.5 Å². The van der Waals surface area contributed by atoms with Gasteiger partial charge < -0.3 is 19.8 Å². The standard InChI is InChI=1S/C16H22N4O3S/c1-3-22-12-4-6-13(7-5-12)23-10-11-24-16-19-18-15(20(16)2)9-8-14(17)21/h4-7H,3,8-11H2,1-2H3,(H2,17,21). The van der Waals surface area contributed by atoms with Gasteiger partial charge in [-0.2, -0.15) is 0 Å². The minimum atomic E-state index is -0.337. The van der Waals surface area contributed by atoms with E-state index < -0.39 is 0 Å². The smallest absolute Gasteiger partial charge is 0.217 e. The van der Waals surface area contributed by atoms with Gasteiger partial charge in [-0.1, -0.05) is 11.8 Å². The number of nitrogens with two attached hydrogens (primary N) is 1. The van der Waals surface area contributed by atoms with Crippen LogP contribution in [0, 0.1) is 0 Å². The molecule has 0 saturated carbocycles. The quantitative estimate of drug-likeness (QED) is 0.519. The fourth-order valence-electron chi connectivity index (χ4n) is 2.01. The molecule has 7 nitrogen and oxygen atoms in total. The van der Waals surface area contributed by atoms with Crippen LogP contribution in [0.4, 0.5) is 0 Å². The van der Waals surface area contributed by atoms with E-state index >= 15 is 0 Å². The fourth-order valence-corrected chi connectivity index (χ4v) is 2.76. The summed E-state index contributed by atoms with van der Waals surface area (Å²) in [4.78, 5) is 10.8. The summed E-state index contributed by atoms with van der Waals surface area (Å²) in [5.74, 6) is 2.80. The van der Waals surface area contributed by atoms with E-state index in [0.29, 0.717) is 19.6 Å². The van der Waals surface area contributed by atoms with Crippen LogP contribution in [0.15, 0.2) is 29.4 Å². The van der Waals surface area contributed by atoms with Crippen molar-refractivity contribution < 1.29 is 14.3 Å². The molecule has 1 aromatic heterocycles. The van der Waals surface area contributed by atoms with Gasteiger partial charge in [0.1, 0.15) is 17.3 Å². The maximum absolute atomic E-state index is 10.8. The molecule has 130 valence electrons. The first-order valence-electron chi connectivity index (χ1n) is 7.75. The van der Waals surface area contributed by atoms with E-state index in [1.165, 1.54) is 0 Å². The first-order chi connectivity index (χ1) is 11.6. The molecular weight excluding hydrogens is 328 g/mol. The third-order valence-electron chi connectivity index (χ3n) is 3.24. The highest BCUT2D eigenvalue weighted by molar-refractivity contribution is 7.99. The SMILES string of the molecule is CCOc1ccc(OCCSc2nnc(CCC(N)=O)n2C)cc1. The number of carbonyl (C=O) groups excluding carboxylic acids is 1. The Balaban J connectivity index is 1.75. The van der Waals surface area contributed by atoms with Crippen LogP contribution < -0.4 is 15.2 Å². The molecule has 0 spiro atoms. The van der Waals surface area contributed by atoms with Gasteiger partial charge in [0.05, 0.1) is 13.2 Å². The van der Waals surface area contributed by atoms with Crippen molar-refractivity contribution in [1.29, 1.82) is 0 Å². The van der Waals surface area contributed by atoms with Gasteiger partial charge in [-0.3, -0.25) is 4.79 Å². The molecule has 1 heterocycles. The first-order valence-corrected chi connectivity index (χ1v) is 8.73. The Kier molecular flexibility index (Phi) is 6.92. The van der Waals surface area contributed by atoms with Crippen LogP contribution in [-0.2, 0) is 18.3 Å². The molecule has 0 saturated heterocycles. The van der Waals surface area contributed by atoms with Gasteiger partial charge in [0, 0.05) is 25.6 Å². The van der Waals surface area contributed by atoms with Gasteiger partial charge in [-0.05, 0) is 31.2 Å². The molecule has 0 aliphatic heterocycles. The van der Waals surface area contributed by atoms with Crippen molar-refractivity contribution in [2.45, 2.75) is 24.9 Å². The molecule has 0 atom stereocenters. The van der Waals surface area contributed by atoms with E-state index in [4.69, 9.17) is 15.2 Å². The highest BCUT2D eigenvalue weighted by Crippen LogP contribution is 2.19. The van der Waals surface area contributed by atoms with Gasteiger partial charge in [-0.15, -0.1) is 10.2 Å². The predicted molar refractivity (Wildman–Crippen MR) is 92.3 cm³/mol. The molecule has 1 amide bonds. The summed E-state index contributed by atoms with van der Waals surface area (Å²) in [5.41, 5.74) is 5.15. The number of ether oxygens (including phenoxy) is 2. The zero-order valence-corrected chi connectivity index (χ0v) is 14.7. The van der Waals surface area contributed by atoms with Crippen LogP contribution in [0.1, 0.15) is 19.2 Å². The van der Waals surface area contributed by atoms with Crippen molar-refractivity contribution in [3.8, 4) is 11.5 Å². The summed E-state index contributed by atoms with van der Waals surface area (Å²) >= 11 is 1.56. The van der Waals surface area contributed by atoms with E-state index in [2.05, 4.69) is 10.2 Å². The van der Waals surface area contributed by atoms with Crippen molar-refractivity contribution in [2.75, 3.05) is 19.0 Å². The molecular formula is C16H22N4O3S. The Hall–Kier alpha value is -2.22. The van der Waals surface area contributed by atoms with Crippen LogP contribution >= 0.6 is 11.8 Å². The monoisotopic (exact) mass is 350 g/mol. The molecule has 1 aromatic carbocycles. The minimum absolute atomic E-state index is 0.275. The number of benzene rings is 1. The average molecular weight is 350 g/mol. The summed E-state index contributed by atoms with van der Waals surface area (Å²) < 4.78 is 13.0. The van der Waals surface area contributed by atoms with E-state index in [1.54, 1.807) is 11.8 Å². The lowest BCUT2D eigenvalue weighted by molar-refractivity contribution is -0.118. The normalized spacial score (nSPS) is 10.6. The number of thioether (sulfide) groups is 1. The van der Waals surface area contributed by atoms with E-state index in [0.717, 1.165) is 28.2 Å². The number of nitrogens with zero attached hydrogens (tertiary/aromatic N) is 3. The number of amides is 1. The fraction of sp³-hybridized carbons (Fsp3) is 0.438. The highest BCUT2D eigenvalue weighted by atomic mass is 32.2. The maximum Gasteiger partial charge on any atom is 0.217 e. The Labute approximate surface area is 145 Å². The number of aromatic nitrogens is 3. The summed E-state index contributed by atoms with van der Waals surface area (Å²) in [6.45, 7) is 3.16. The van der Waals surface area contributed by atoms with Gasteiger partial charge in [0.25, 0.3) is 0 Å². The molecule has 2 N–H and O–H groups in total. The molecule has 0 aliphatic carbocycles. The van der Waals surface area contributed by atoms with Gasteiger partial charge in [-0.25, -0.2) is 0 Å². The Morgan fingerprint density at radius 1 is 1.21 bits per heavy atom. The minimum Gasteiger partial charge on any atom is -0.494 e. The zero-order valence-electron chi connectivity index (χ0n) is 13.9. The number of hydrogen-bond acceptors (Lipinski definition) is 6. The zero-order chi connectivity index (χ0) is 17.4. The van der Waals surface area contributed by atoms with Crippen LogP contribution in [-0.4, -0.2) is 39.6 Å². The average Bonchev–Trinajstić information content (AvgIpc) is 2.91. The predicted octanol–water partition coefficient (Wildman–Crippen LogP) is 1.80. The van der Waals surface area contributed by atoms with Crippen molar-refractivity contribution in [2.24, 2.45) is 12.8 Å². The second-order valence-corrected chi connectivity index (χ2v) is 6.09. The molecule has 0 bridgehead atoms. The van der Waals surface area contributed by atoms with Crippen molar-refractivity contribution in [1.82, 2.24) is 14.8 Å². The molecule has 0 fully saturated rings. The van der Waals surface area contributed by atoms with E-state index in [1.807, 2.05) is 42.8 Å². The first kappa shape index (κ1) is 18.1. The number of carbonyl (C=O) groups is 1. The van der Waals surface area contributed by atoms with Crippen LogP contribution in [0.3, 0.4) is 0 Å². The number of aryl methyl sites for hydroxylation is 1. The van der Waals surface area contributed by atoms with Crippen molar-refractivity contribution >= 4 is 17.7 Å².